The van der Waals surface area contributed by atoms with Crippen LogP contribution in [0.25, 0.3) is 0 Å². The van der Waals surface area contributed by atoms with Gasteiger partial charge in [-0.05, 0) is 81.5 Å². The molecule has 0 spiro atoms. The van der Waals surface area contributed by atoms with Gasteiger partial charge in [-0.25, -0.2) is 0 Å². The van der Waals surface area contributed by atoms with Crippen molar-refractivity contribution in [3.8, 4) is 0 Å². The number of hydrogen-bond donors (Lipinski definition) is 1. The molecule has 2 aliphatic carbocycles. The minimum absolute atomic E-state index is 0.418. The summed E-state index contributed by atoms with van der Waals surface area (Å²) in [5.41, 5.74) is 0. The number of allylic oxidation sites excluding steroid dienone is 2. The Labute approximate surface area is 119 Å². The summed E-state index contributed by atoms with van der Waals surface area (Å²) in [6.07, 6.45) is 18.5. The molecule has 2 saturated carbocycles. The van der Waals surface area contributed by atoms with E-state index in [4.69, 9.17) is 0 Å². The largest absolute Gasteiger partial charge is 0.396 e. The SMILES string of the molecule is CCC/C=C/C1CCC(C2CCC(CO)CC2)CC1. The van der Waals surface area contributed by atoms with Gasteiger partial charge in [-0.15, -0.1) is 0 Å². The summed E-state index contributed by atoms with van der Waals surface area (Å²) in [6.45, 7) is 2.67. The summed E-state index contributed by atoms with van der Waals surface area (Å²) in [6, 6.07) is 0. The van der Waals surface area contributed by atoms with E-state index in [9.17, 15) is 5.11 Å². The van der Waals surface area contributed by atoms with Gasteiger partial charge in [-0.2, -0.15) is 0 Å². The lowest BCUT2D eigenvalue weighted by atomic mass is 9.69. The van der Waals surface area contributed by atoms with Gasteiger partial charge in [0.25, 0.3) is 0 Å². The minimum Gasteiger partial charge on any atom is -0.396 e. The molecule has 0 bridgehead atoms. The van der Waals surface area contributed by atoms with Crippen molar-refractivity contribution in [3.63, 3.8) is 0 Å². The van der Waals surface area contributed by atoms with Crippen molar-refractivity contribution >= 4 is 0 Å². The fraction of sp³-hybridized carbons (Fsp3) is 0.889. The van der Waals surface area contributed by atoms with E-state index < -0.39 is 0 Å². The Bertz CT molecular complexity index is 255. The highest BCUT2D eigenvalue weighted by Crippen LogP contribution is 2.41. The molecular formula is C18H32O. The van der Waals surface area contributed by atoms with Crippen molar-refractivity contribution in [2.45, 2.75) is 71.1 Å². The second-order valence-corrected chi connectivity index (χ2v) is 6.86. The van der Waals surface area contributed by atoms with E-state index in [1.165, 1.54) is 64.2 Å². The van der Waals surface area contributed by atoms with Crippen LogP contribution in [0.3, 0.4) is 0 Å². The number of rotatable bonds is 5. The lowest BCUT2D eigenvalue weighted by Gasteiger charge is -2.37. The third-order valence-corrected chi connectivity index (χ3v) is 5.50. The fourth-order valence-electron chi connectivity index (χ4n) is 4.11. The zero-order valence-electron chi connectivity index (χ0n) is 12.7. The van der Waals surface area contributed by atoms with E-state index in [2.05, 4.69) is 19.1 Å². The number of aliphatic hydroxyl groups is 1. The molecule has 0 aromatic rings. The third kappa shape index (κ3) is 4.63. The van der Waals surface area contributed by atoms with Crippen LogP contribution in [0.4, 0.5) is 0 Å². The molecule has 0 radical (unpaired) electrons. The maximum Gasteiger partial charge on any atom is 0.0459 e. The van der Waals surface area contributed by atoms with Crippen molar-refractivity contribution in [2.24, 2.45) is 23.7 Å². The van der Waals surface area contributed by atoms with Crippen LogP contribution in [-0.4, -0.2) is 11.7 Å². The van der Waals surface area contributed by atoms with Crippen molar-refractivity contribution in [1.29, 1.82) is 0 Å². The van der Waals surface area contributed by atoms with Gasteiger partial charge in [-0.1, -0.05) is 25.5 Å². The van der Waals surface area contributed by atoms with Crippen molar-refractivity contribution in [2.75, 3.05) is 6.61 Å². The zero-order valence-corrected chi connectivity index (χ0v) is 12.7. The van der Waals surface area contributed by atoms with Gasteiger partial charge in [0.1, 0.15) is 0 Å². The van der Waals surface area contributed by atoms with Gasteiger partial charge in [0.2, 0.25) is 0 Å². The normalized spacial score (nSPS) is 36.7. The van der Waals surface area contributed by atoms with E-state index in [1.54, 1.807) is 0 Å². The second-order valence-electron chi connectivity index (χ2n) is 6.86. The lowest BCUT2D eigenvalue weighted by molar-refractivity contribution is 0.122. The number of aliphatic hydroxyl groups excluding tert-OH is 1. The van der Waals surface area contributed by atoms with Crippen LogP contribution in [0.1, 0.15) is 71.1 Å². The lowest BCUT2D eigenvalue weighted by Crippen LogP contribution is -2.26. The standard InChI is InChI=1S/C18H32O/c1-2-3-4-5-15-6-10-17(11-7-15)18-12-8-16(14-19)9-13-18/h4-5,15-19H,2-3,6-14H2,1H3/b5-4+. The van der Waals surface area contributed by atoms with Crippen molar-refractivity contribution in [1.82, 2.24) is 0 Å². The van der Waals surface area contributed by atoms with Gasteiger partial charge in [0, 0.05) is 6.61 Å². The van der Waals surface area contributed by atoms with Crippen LogP contribution in [0, 0.1) is 23.7 Å². The maximum atomic E-state index is 9.22. The molecule has 0 aromatic carbocycles. The molecule has 2 fully saturated rings. The van der Waals surface area contributed by atoms with Gasteiger partial charge in [0.15, 0.2) is 0 Å². The Morgan fingerprint density at radius 2 is 1.47 bits per heavy atom. The molecule has 0 aliphatic heterocycles. The minimum atomic E-state index is 0.418. The van der Waals surface area contributed by atoms with Gasteiger partial charge < -0.3 is 5.11 Å². The van der Waals surface area contributed by atoms with E-state index in [0.717, 1.165) is 17.8 Å². The topological polar surface area (TPSA) is 20.2 Å². The van der Waals surface area contributed by atoms with Crippen molar-refractivity contribution < 1.29 is 5.11 Å². The predicted molar refractivity (Wildman–Crippen MR) is 82.0 cm³/mol. The molecule has 1 N–H and O–H groups in total. The molecule has 0 saturated heterocycles. The van der Waals surface area contributed by atoms with E-state index in [1.807, 2.05) is 0 Å². The first kappa shape index (κ1) is 15.1. The summed E-state index contributed by atoms with van der Waals surface area (Å²) >= 11 is 0. The zero-order chi connectivity index (χ0) is 13.5. The summed E-state index contributed by atoms with van der Waals surface area (Å²) < 4.78 is 0. The van der Waals surface area contributed by atoms with Crippen LogP contribution in [0.5, 0.6) is 0 Å². The average Bonchev–Trinajstić information content (AvgIpc) is 2.48. The van der Waals surface area contributed by atoms with Gasteiger partial charge in [0.05, 0.1) is 0 Å². The first-order valence-electron chi connectivity index (χ1n) is 8.61. The predicted octanol–water partition coefficient (Wildman–Crippen LogP) is 4.95. The molecule has 19 heavy (non-hydrogen) atoms. The summed E-state index contributed by atoms with van der Waals surface area (Å²) in [5, 5.41) is 9.22. The summed E-state index contributed by atoms with van der Waals surface area (Å²) in [7, 11) is 0. The Morgan fingerprint density at radius 3 is 2.00 bits per heavy atom. The Balaban J connectivity index is 1.68. The average molecular weight is 264 g/mol. The second kappa shape index (κ2) is 8.09. The van der Waals surface area contributed by atoms with E-state index >= 15 is 0 Å². The fourth-order valence-corrected chi connectivity index (χ4v) is 4.11. The molecule has 2 aliphatic rings. The molecule has 0 unspecified atom stereocenters. The van der Waals surface area contributed by atoms with Gasteiger partial charge in [-0.3, -0.25) is 0 Å². The molecule has 0 atom stereocenters. The summed E-state index contributed by atoms with van der Waals surface area (Å²) in [4.78, 5) is 0. The van der Waals surface area contributed by atoms with Crippen LogP contribution in [0.15, 0.2) is 12.2 Å². The summed E-state index contributed by atoms with van der Waals surface area (Å²) in [5.74, 6) is 3.46. The first-order chi connectivity index (χ1) is 9.33. The maximum absolute atomic E-state index is 9.22. The number of hydrogen-bond acceptors (Lipinski definition) is 1. The molecule has 0 aromatic heterocycles. The highest BCUT2D eigenvalue weighted by atomic mass is 16.3. The van der Waals surface area contributed by atoms with Gasteiger partial charge >= 0.3 is 0 Å². The van der Waals surface area contributed by atoms with E-state index in [0.29, 0.717) is 12.5 Å². The third-order valence-electron chi connectivity index (χ3n) is 5.50. The Morgan fingerprint density at radius 1 is 0.895 bits per heavy atom. The molecular weight excluding hydrogens is 232 g/mol. The molecule has 1 heteroatoms. The van der Waals surface area contributed by atoms with Crippen LogP contribution in [0.2, 0.25) is 0 Å². The molecule has 0 amide bonds. The molecule has 0 heterocycles. The van der Waals surface area contributed by atoms with E-state index in [-0.39, 0.29) is 0 Å². The first-order valence-corrected chi connectivity index (χ1v) is 8.61. The Kier molecular flexibility index (Phi) is 6.43. The smallest absolute Gasteiger partial charge is 0.0459 e. The Hall–Kier alpha value is -0.300. The quantitative estimate of drug-likeness (QED) is 0.697. The van der Waals surface area contributed by atoms with Crippen LogP contribution < -0.4 is 0 Å². The van der Waals surface area contributed by atoms with Crippen LogP contribution in [-0.2, 0) is 0 Å². The van der Waals surface area contributed by atoms with Crippen molar-refractivity contribution in [3.05, 3.63) is 12.2 Å². The highest BCUT2D eigenvalue weighted by molar-refractivity contribution is 4.92. The van der Waals surface area contributed by atoms with Crippen LogP contribution >= 0.6 is 0 Å². The highest BCUT2D eigenvalue weighted by Gasteiger charge is 2.29. The molecule has 1 nitrogen and oxygen atoms in total. The molecule has 2 rings (SSSR count). The number of unbranched alkanes of at least 4 members (excludes halogenated alkanes) is 1. The monoisotopic (exact) mass is 264 g/mol. The molecule has 110 valence electrons.